The van der Waals surface area contributed by atoms with Crippen LogP contribution in [0.1, 0.15) is 12.8 Å². The van der Waals surface area contributed by atoms with Gasteiger partial charge in [0.15, 0.2) is 0 Å². The molecule has 2 heterocycles. The molecule has 0 unspecified atom stereocenters. The lowest BCUT2D eigenvalue weighted by Gasteiger charge is -2.28. The summed E-state index contributed by atoms with van der Waals surface area (Å²) in [5.41, 5.74) is 0. The Kier molecular flexibility index (Phi) is 4.14. The smallest absolute Gasteiger partial charge is 0.244 e. The average Bonchev–Trinajstić information content (AvgIpc) is 2.39. The predicted octanol–water partition coefficient (Wildman–Crippen LogP) is 1.44. The normalized spacial score (nSPS) is 18.7. The standard InChI is InChI=1S/C11H13BrN2O3S/c12-10-5-11(7-13-6-10)18(16,17)14-3-1-9(8-15)2-4-14/h5-9H,1-4H2. The molecule has 7 heteroatoms. The van der Waals surface area contributed by atoms with E-state index in [0.29, 0.717) is 30.4 Å². The third kappa shape index (κ3) is 2.78. The van der Waals surface area contributed by atoms with Gasteiger partial charge in [0, 0.05) is 35.9 Å². The van der Waals surface area contributed by atoms with E-state index in [9.17, 15) is 13.2 Å². The van der Waals surface area contributed by atoms with Crippen molar-refractivity contribution in [2.45, 2.75) is 17.7 Å². The van der Waals surface area contributed by atoms with E-state index in [2.05, 4.69) is 20.9 Å². The van der Waals surface area contributed by atoms with Crippen LogP contribution >= 0.6 is 15.9 Å². The monoisotopic (exact) mass is 332 g/mol. The Balaban J connectivity index is 2.20. The Labute approximate surface area is 114 Å². The lowest BCUT2D eigenvalue weighted by Crippen LogP contribution is -2.38. The second kappa shape index (κ2) is 5.46. The van der Waals surface area contributed by atoms with Gasteiger partial charge in [-0.1, -0.05) is 0 Å². The van der Waals surface area contributed by atoms with Crippen LogP contribution in [0.4, 0.5) is 0 Å². The number of aldehydes is 1. The molecule has 2 rings (SSSR count). The number of nitrogens with zero attached hydrogens (tertiary/aromatic N) is 2. The highest BCUT2D eigenvalue weighted by Gasteiger charge is 2.29. The van der Waals surface area contributed by atoms with Crippen molar-refractivity contribution >= 4 is 32.2 Å². The van der Waals surface area contributed by atoms with E-state index in [1.165, 1.54) is 22.8 Å². The van der Waals surface area contributed by atoms with Crippen molar-refractivity contribution in [3.05, 3.63) is 22.9 Å². The highest BCUT2D eigenvalue weighted by Crippen LogP contribution is 2.23. The molecule has 1 saturated heterocycles. The Morgan fingerprint density at radius 1 is 1.33 bits per heavy atom. The topological polar surface area (TPSA) is 67.3 Å². The predicted molar refractivity (Wildman–Crippen MR) is 69.5 cm³/mol. The maximum absolute atomic E-state index is 12.3. The van der Waals surface area contributed by atoms with Gasteiger partial charge in [-0.3, -0.25) is 4.98 Å². The molecule has 0 aliphatic carbocycles. The summed E-state index contributed by atoms with van der Waals surface area (Å²) in [6, 6.07) is 1.54. The Hall–Kier alpha value is -0.790. The quantitative estimate of drug-likeness (QED) is 0.785. The number of hydrogen-bond acceptors (Lipinski definition) is 4. The number of hydrogen-bond donors (Lipinski definition) is 0. The summed E-state index contributed by atoms with van der Waals surface area (Å²) in [6.45, 7) is 0.774. The van der Waals surface area contributed by atoms with E-state index in [1.807, 2.05) is 0 Å². The van der Waals surface area contributed by atoms with Gasteiger partial charge in [-0.25, -0.2) is 8.42 Å². The van der Waals surface area contributed by atoms with Crippen LogP contribution in [0.3, 0.4) is 0 Å². The fourth-order valence-corrected chi connectivity index (χ4v) is 3.91. The molecule has 0 spiro atoms. The number of sulfonamides is 1. The summed E-state index contributed by atoms with van der Waals surface area (Å²) in [7, 11) is -3.49. The van der Waals surface area contributed by atoms with Crippen LogP contribution in [0, 0.1) is 5.92 Å². The molecule has 98 valence electrons. The molecular formula is C11H13BrN2O3S. The molecule has 1 aliphatic rings. The molecule has 5 nitrogen and oxygen atoms in total. The zero-order valence-corrected chi connectivity index (χ0v) is 12.0. The van der Waals surface area contributed by atoms with Gasteiger partial charge in [-0.05, 0) is 34.8 Å². The number of aromatic nitrogens is 1. The maximum atomic E-state index is 12.3. The van der Waals surface area contributed by atoms with Crippen LogP contribution in [0.15, 0.2) is 27.8 Å². The number of halogens is 1. The first-order valence-corrected chi connectivity index (χ1v) is 7.83. The fourth-order valence-electron chi connectivity index (χ4n) is 1.93. The molecule has 18 heavy (non-hydrogen) atoms. The minimum Gasteiger partial charge on any atom is -0.303 e. The molecule has 0 bridgehead atoms. The molecule has 0 amide bonds. The van der Waals surface area contributed by atoms with Gasteiger partial charge in [-0.15, -0.1) is 0 Å². The van der Waals surface area contributed by atoms with E-state index < -0.39 is 10.0 Å². The number of carbonyl (C=O) groups is 1. The fraction of sp³-hybridized carbons (Fsp3) is 0.455. The molecule has 0 saturated carbocycles. The van der Waals surface area contributed by atoms with Crippen molar-refractivity contribution in [3.63, 3.8) is 0 Å². The molecule has 0 aromatic carbocycles. The maximum Gasteiger partial charge on any atom is 0.244 e. The van der Waals surface area contributed by atoms with E-state index in [0.717, 1.165) is 6.29 Å². The summed E-state index contributed by atoms with van der Waals surface area (Å²) in [5.74, 6) is -0.0166. The molecule has 0 radical (unpaired) electrons. The van der Waals surface area contributed by atoms with Gasteiger partial charge in [0.1, 0.15) is 11.2 Å². The first kappa shape index (κ1) is 13.6. The molecule has 1 aromatic rings. The van der Waals surface area contributed by atoms with Crippen molar-refractivity contribution in [2.24, 2.45) is 5.92 Å². The van der Waals surface area contributed by atoms with Crippen LogP contribution in [0.2, 0.25) is 0 Å². The van der Waals surface area contributed by atoms with Gasteiger partial charge in [-0.2, -0.15) is 4.31 Å². The summed E-state index contributed by atoms with van der Waals surface area (Å²) in [5, 5.41) is 0. The second-order valence-corrected chi connectivity index (χ2v) is 7.07. The third-order valence-electron chi connectivity index (χ3n) is 3.01. The zero-order chi connectivity index (χ0) is 13.2. The van der Waals surface area contributed by atoms with Crippen LogP contribution < -0.4 is 0 Å². The SMILES string of the molecule is O=CC1CCN(S(=O)(=O)c2cncc(Br)c2)CC1. The summed E-state index contributed by atoms with van der Waals surface area (Å²) in [4.78, 5) is 14.7. The average molecular weight is 333 g/mol. The Morgan fingerprint density at radius 2 is 2.00 bits per heavy atom. The van der Waals surface area contributed by atoms with Gasteiger partial charge >= 0.3 is 0 Å². The van der Waals surface area contributed by atoms with Crippen molar-refractivity contribution in [3.8, 4) is 0 Å². The Bertz CT molecular complexity index is 539. The first-order valence-electron chi connectivity index (χ1n) is 5.60. The van der Waals surface area contributed by atoms with Crippen molar-refractivity contribution in [1.82, 2.24) is 9.29 Å². The molecule has 1 fully saturated rings. The van der Waals surface area contributed by atoms with Gasteiger partial charge in [0.05, 0.1) is 0 Å². The lowest BCUT2D eigenvalue weighted by molar-refractivity contribution is -0.112. The molecular weight excluding hydrogens is 320 g/mol. The number of piperidine rings is 1. The minimum atomic E-state index is -3.49. The first-order chi connectivity index (χ1) is 8.54. The summed E-state index contributed by atoms with van der Waals surface area (Å²) < 4.78 is 26.7. The van der Waals surface area contributed by atoms with E-state index in [1.54, 1.807) is 0 Å². The van der Waals surface area contributed by atoms with Gasteiger partial charge in [0.25, 0.3) is 0 Å². The van der Waals surface area contributed by atoms with Crippen molar-refractivity contribution in [2.75, 3.05) is 13.1 Å². The minimum absolute atomic E-state index is 0.0166. The number of rotatable bonds is 3. The Morgan fingerprint density at radius 3 is 2.56 bits per heavy atom. The lowest BCUT2D eigenvalue weighted by atomic mass is 10.0. The second-order valence-electron chi connectivity index (χ2n) is 4.22. The molecule has 0 N–H and O–H groups in total. The summed E-state index contributed by atoms with van der Waals surface area (Å²) >= 11 is 3.21. The van der Waals surface area contributed by atoms with Crippen LogP contribution in [-0.2, 0) is 14.8 Å². The highest BCUT2D eigenvalue weighted by molar-refractivity contribution is 9.10. The van der Waals surface area contributed by atoms with Crippen LogP contribution in [-0.4, -0.2) is 37.1 Å². The molecule has 1 aromatic heterocycles. The van der Waals surface area contributed by atoms with Crippen molar-refractivity contribution in [1.29, 1.82) is 0 Å². The molecule has 1 aliphatic heterocycles. The summed E-state index contributed by atoms with van der Waals surface area (Å²) in [6.07, 6.45) is 4.96. The van der Waals surface area contributed by atoms with E-state index >= 15 is 0 Å². The van der Waals surface area contributed by atoms with Gasteiger partial charge in [0.2, 0.25) is 10.0 Å². The van der Waals surface area contributed by atoms with E-state index in [4.69, 9.17) is 0 Å². The number of pyridine rings is 1. The van der Waals surface area contributed by atoms with Crippen LogP contribution in [0.5, 0.6) is 0 Å². The largest absolute Gasteiger partial charge is 0.303 e. The van der Waals surface area contributed by atoms with E-state index in [-0.39, 0.29) is 10.8 Å². The third-order valence-corrected chi connectivity index (χ3v) is 5.31. The van der Waals surface area contributed by atoms with Crippen molar-refractivity contribution < 1.29 is 13.2 Å². The van der Waals surface area contributed by atoms with Crippen LogP contribution in [0.25, 0.3) is 0 Å². The molecule has 0 atom stereocenters. The number of carbonyl (C=O) groups excluding carboxylic acids is 1. The highest BCUT2D eigenvalue weighted by atomic mass is 79.9. The zero-order valence-electron chi connectivity index (χ0n) is 9.62. The van der Waals surface area contributed by atoms with Gasteiger partial charge < -0.3 is 4.79 Å².